The number of esters is 2. The molecular formula is C24H42B2O8. The predicted octanol–water partition coefficient (Wildman–Crippen LogP) is 4.16. The molecule has 0 aromatic rings. The normalized spacial score (nSPS) is 24.1. The van der Waals surface area contributed by atoms with Gasteiger partial charge < -0.3 is 28.1 Å². The van der Waals surface area contributed by atoms with Gasteiger partial charge in [0.25, 0.3) is 0 Å². The highest BCUT2D eigenvalue weighted by molar-refractivity contribution is 6.61. The van der Waals surface area contributed by atoms with E-state index in [9.17, 15) is 9.59 Å². The molecule has 1 unspecified atom stereocenters. The van der Waals surface area contributed by atoms with E-state index in [0.717, 1.165) is 11.0 Å². The van der Waals surface area contributed by atoms with Crippen LogP contribution < -0.4 is 0 Å². The number of hydrogen-bond donors (Lipinski definition) is 0. The third kappa shape index (κ3) is 5.40. The van der Waals surface area contributed by atoms with Crippen molar-refractivity contribution in [1.82, 2.24) is 0 Å². The second kappa shape index (κ2) is 9.96. The number of allylic oxidation sites excluding steroid dienone is 2. The molecule has 2 heterocycles. The van der Waals surface area contributed by atoms with Crippen molar-refractivity contribution in [3.05, 3.63) is 11.0 Å². The van der Waals surface area contributed by atoms with E-state index in [2.05, 4.69) is 0 Å². The molecule has 34 heavy (non-hydrogen) atoms. The Kier molecular flexibility index (Phi) is 8.46. The summed E-state index contributed by atoms with van der Waals surface area (Å²) >= 11 is 0. The number of ether oxygens (including phenoxy) is 2. The highest BCUT2D eigenvalue weighted by Crippen LogP contribution is 2.47. The van der Waals surface area contributed by atoms with E-state index in [-0.39, 0.29) is 12.2 Å². The van der Waals surface area contributed by atoms with Gasteiger partial charge in [-0.15, -0.1) is 0 Å². The summed E-state index contributed by atoms with van der Waals surface area (Å²) in [6, 6.07) is 0. The van der Waals surface area contributed by atoms with E-state index >= 15 is 0 Å². The maximum atomic E-state index is 12.4. The lowest BCUT2D eigenvalue weighted by Gasteiger charge is -2.32. The SMILES string of the molecule is CCC(B1OC(C)(C)C(C)(C)O1)/C(B1OC(C)(C)C(C)(C)O1)=C(\C)CC(C(=O)OC)C(=O)OC. The second-order valence-corrected chi connectivity index (χ2v) is 11.3. The molecule has 0 radical (unpaired) electrons. The van der Waals surface area contributed by atoms with E-state index in [1.807, 2.05) is 69.2 Å². The molecular weight excluding hydrogens is 438 g/mol. The first-order valence-corrected chi connectivity index (χ1v) is 12.0. The van der Waals surface area contributed by atoms with Crippen molar-refractivity contribution in [3.63, 3.8) is 0 Å². The van der Waals surface area contributed by atoms with Crippen molar-refractivity contribution in [3.8, 4) is 0 Å². The summed E-state index contributed by atoms with van der Waals surface area (Å²) in [4.78, 5) is 24.8. The average Bonchev–Trinajstić information content (AvgIpc) is 3.07. The molecule has 0 aromatic heterocycles. The number of hydrogen-bond acceptors (Lipinski definition) is 8. The smallest absolute Gasteiger partial charge is 0.468 e. The van der Waals surface area contributed by atoms with E-state index < -0.39 is 54.5 Å². The maximum absolute atomic E-state index is 12.4. The molecule has 2 aliphatic heterocycles. The Morgan fingerprint density at radius 2 is 1.15 bits per heavy atom. The topological polar surface area (TPSA) is 89.5 Å². The van der Waals surface area contributed by atoms with Crippen LogP contribution in [0.4, 0.5) is 0 Å². The summed E-state index contributed by atoms with van der Waals surface area (Å²) in [5, 5.41) is 0. The van der Waals surface area contributed by atoms with Crippen molar-refractivity contribution < 1.29 is 37.7 Å². The Bertz CT molecular complexity index is 770. The van der Waals surface area contributed by atoms with Crippen molar-refractivity contribution in [2.45, 2.75) is 110 Å². The largest absolute Gasteiger partial charge is 0.490 e. The summed E-state index contributed by atoms with van der Waals surface area (Å²) in [5.41, 5.74) is -0.567. The van der Waals surface area contributed by atoms with Gasteiger partial charge in [0.2, 0.25) is 0 Å². The van der Waals surface area contributed by atoms with Crippen LogP contribution in [-0.4, -0.2) is 62.8 Å². The van der Waals surface area contributed by atoms with Gasteiger partial charge in [0.05, 0.1) is 36.6 Å². The molecule has 1 atom stereocenters. The first-order chi connectivity index (χ1) is 15.4. The van der Waals surface area contributed by atoms with Crippen LogP contribution in [0.15, 0.2) is 11.0 Å². The Morgan fingerprint density at radius 3 is 1.50 bits per heavy atom. The fraction of sp³-hybridized carbons (Fsp3) is 0.833. The second-order valence-electron chi connectivity index (χ2n) is 11.3. The third-order valence-electron chi connectivity index (χ3n) is 7.92. The molecule has 0 amide bonds. The molecule has 2 aliphatic rings. The molecule has 10 heteroatoms. The lowest BCUT2D eigenvalue weighted by molar-refractivity contribution is -0.158. The van der Waals surface area contributed by atoms with Crippen LogP contribution in [0.1, 0.15) is 82.1 Å². The highest BCUT2D eigenvalue weighted by atomic mass is 16.7. The molecule has 192 valence electrons. The number of carbonyl (C=O) groups excluding carboxylic acids is 2. The van der Waals surface area contributed by atoms with E-state index in [0.29, 0.717) is 6.42 Å². The Morgan fingerprint density at radius 1 is 0.765 bits per heavy atom. The van der Waals surface area contributed by atoms with Gasteiger partial charge in [0.1, 0.15) is 0 Å². The van der Waals surface area contributed by atoms with Crippen LogP contribution in [0.25, 0.3) is 0 Å². The summed E-state index contributed by atoms with van der Waals surface area (Å²) in [5.74, 6) is -2.62. The maximum Gasteiger partial charge on any atom is 0.490 e. The van der Waals surface area contributed by atoms with Crippen molar-refractivity contribution in [2.75, 3.05) is 14.2 Å². The van der Waals surface area contributed by atoms with Gasteiger partial charge in [-0.2, -0.15) is 0 Å². The lowest BCUT2D eigenvalue weighted by Crippen LogP contribution is -2.41. The fourth-order valence-corrected chi connectivity index (χ4v) is 4.25. The zero-order valence-corrected chi connectivity index (χ0v) is 23.0. The Labute approximate surface area is 205 Å². The average molecular weight is 480 g/mol. The van der Waals surface area contributed by atoms with Crippen LogP contribution in [0.5, 0.6) is 0 Å². The molecule has 2 fully saturated rings. The zero-order chi connectivity index (χ0) is 26.3. The van der Waals surface area contributed by atoms with E-state index in [4.69, 9.17) is 28.1 Å². The first-order valence-electron chi connectivity index (χ1n) is 12.0. The zero-order valence-electron chi connectivity index (χ0n) is 23.0. The van der Waals surface area contributed by atoms with E-state index in [1.54, 1.807) is 0 Å². The summed E-state index contributed by atoms with van der Waals surface area (Å²) in [6.45, 7) is 19.9. The number of rotatable bonds is 8. The van der Waals surface area contributed by atoms with Crippen molar-refractivity contribution in [1.29, 1.82) is 0 Å². The minimum Gasteiger partial charge on any atom is -0.468 e. The lowest BCUT2D eigenvalue weighted by atomic mass is 9.54. The van der Waals surface area contributed by atoms with Crippen LogP contribution >= 0.6 is 0 Å². The quantitative estimate of drug-likeness (QED) is 0.291. The molecule has 0 aromatic carbocycles. The Hall–Kier alpha value is -1.35. The molecule has 8 nitrogen and oxygen atoms in total. The minimum absolute atomic E-state index is 0.106. The van der Waals surface area contributed by atoms with Crippen LogP contribution in [0.2, 0.25) is 5.82 Å². The monoisotopic (exact) mass is 480 g/mol. The van der Waals surface area contributed by atoms with Crippen molar-refractivity contribution in [2.24, 2.45) is 5.92 Å². The molecule has 2 rings (SSSR count). The molecule has 0 spiro atoms. The van der Waals surface area contributed by atoms with Crippen LogP contribution in [0, 0.1) is 5.92 Å². The first kappa shape index (κ1) is 28.9. The van der Waals surface area contributed by atoms with Gasteiger partial charge in [-0.1, -0.05) is 18.9 Å². The van der Waals surface area contributed by atoms with Crippen LogP contribution in [0.3, 0.4) is 0 Å². The van der Waals surface area contributed by atoms with E-state index in [1.165, 1.54) is 14.2 Å². The predicted molar refractivity (Wildman–Crippen MR) is 131 cm³/mol. The molecule has 0 N–H and O–H groups in total. The van der Waals surface area contributed by atoms with Gasteiger partial charge in [-0.3, -0.25) is 9.59 Å². The molecule has 2 saturated heterocycles. The van der Waals surface area contributed by atoms with Crippen LogP contribution in [-0.2, 0) is 37.7 Å². The summed E-state index contributed by atoms with van der Waals surface area (Å²) in [7, 11) is 1.27. The molecule has 0 aliphatic carbocycles. The van der Waals surface area contributed by atoms with Gasteiger partial charge in [0, 0.05) is 5.82 Å². The third-order valence-corrected chi connectivity index (χ3v) is 7.92. The number of carbonyl (C=O) groups is 2. The number of methoxy groups -OCH3 is 2. The highest BCUT2D eigenvalue weighted by Gasteiger charge is 2.59. The standard InChI is InChI=1S/C24H42B2O8/c1-13-17(25-31-21(3,4)22(5,6)32-25)18(26-33-23(7,8)24(9,10)34-26)15(2)14-16(19(27)29-11)20(28)30-12/h16-17H,13-14H2,1-12H3/b18-15-. The fourth-order valence-electron chi connectivity index (χ4n) is 4.25. The summed E-state index contributed by atoms with van der Waals surface area (Å²) in [6.07, 6.45) is 0.781. The van der Waals surface area contributed by atoms with Gasteiger partial charge in [0.15, 0.2) is 5.92 Å². The van der Waals surface area contributed by atoms with Gasteiger partial charge in [-0.25, -0.2) is 0 Å². The van der Waals surface area contributed by atoms with Gasteiger partial charge in [-0.05, 0) is 74.2 Å². The summed E-state index contributed by atoms with van der Waals surface area (Å²) < 4.78 is 35.4. The molecule has 0 bridgehead atoms. The Balaban J connectivity index is 2.57. The van der Waals surface area contributed by atoms with Crippen molar-refractivity contribution >= 4 is 26.2 Å². The molecule has 0 saturated carbocycles. The van der Waals surface area contributed by atoms with Gasteiger partial charge >= 0.3 is 26.2 Å². The minimum atomic E-state index is -1.09.